The number of benzene rings is 1. The van der Waals surface area contributed by atoms with Gasteiger partial charge in [0.1, 0.15) is 12.7 Å². The van der Waals surface area contributed by atoms with Gasteiger partial charge < -0.3 is 4.74 Å². The Morgan fingerprint density at radius 3 is 2.60 bits per heavy atom. The van der Waals surface area contributed by atoms with Crippen LogP contribution in [-0.2, 0) is 9.53 Å². The molecule has 0 saturated heterocycles. The maximum Gasteiger partial charge on any atom is 0.308 e. The molecule has 0 aliphatic rings. The van der Waals surface area contributed by atoms with Gasteiger partial charge in [-0.25, -0.2) is 9.67 Å². The molecule has 1 aromatic carbocycles. The molecular formula is C13H11Cl2N3O2. The van der Waals surface area contributed by atoms with E-state index in [-0.39, 0.29) is 0 Å². The van der Waals surface area contributed by atoms with Gasteiger partial charge in [0.2, 0.25) is 0 Å². The Morgan fingerprint density at radius 1 is 1.30 bits per heavy atom. The van der Waals surface area contributed by atoms with Crippen LogP contribution < -0.4 is 0 Å². The number of rotatable bonds is 3. The summed E-state index contributed by atoms with van der Waals surface area (Å²) in [6, 6.07) is 4.93. The summed E-state index contributed by atoms with van der Waals surface area (Å²) in [7, 11) is 0. The van der Waals surface area contributed by atoms with Crippen molar-refractivity contribution in [2.75, 3.05) is 0 Å². The van der Waals surface area contributed by atoms with Crippen LogP contribution >= 0.6 is 23.2 Å². The summed E-state index contributed by atoms with van der Waals surface area (Å²) in [5, 5.41) is 4.89. The van der Waals surface area contributed by atoms with Gasteiger partial charge >= 0.3 is 5.97 Å². The standard InChI is InChI=1S/C13H11Cl2N3O2/c1-8(18-7-16-6-17-18)13(20-9(2)19)11-4-3-10(14)5-12(11)15/h3-7H,1-2H3/b13-8+. The number of nitrogens with zero attached hydrogens (tertiary/aromatic N) is 3. The third kappa shape index (κ3) is 3.18. The van der Waals surface area contributed by atoms with Gasteiger partial charge in [-0.1, -0.05) is 23.2 Å². The lowest BCUT2D eigenvalue weighted by molar-refractivity contribution is -0.134. The highest BCUT2D eigenvalue weighted by molar-refractivity contribution is 6.35. The van der Waals surface area contributed by atoms with E-state index in [2.05, 4.69) is 10.1 Å². The van der Waals surface area contributed by atoms with Gasteiger partial charge in [-0.05, 0) is 25.1 Å². The smallest absolute Gasteiger partial charge is 0.308 e. The van der Waals surface area contributed by atoms with E-state index in [1.807, 2.05) is 0 Å². The van der Waals surface area contributed by atoms with E-state index in [0.29, 0.717) is 27.1 Å². The normalized spacial score (nSPS) is 12.0. The second kappa shape index (κ2) is 6.07. The summed E-state index contributed by atoms with van der Waals surface area (Å²) in [4.78, 5) is 15.2. The second-order valence-corrected chi connectivity index (χ2v) is 4.82. The summed E-state index contributed by atoms with van der Waals surface area (Å²) in [6.45, 7) is 3.07. The van der Waals surface area contributed by atoms with Crippen LogP contribution in [0.15, 0.2) is 30.9 Å². The van der Waals surface area contributed by atoms with Crippen LogP contribution in [0.25, 0.3) is 11.5 Å². The second-order valence-electron chi connectivity index (χ2n) is 3.97. The Bertz CT molecular complexity index is 666. The van der Waals surface area contributed by atoms with Gasteiger partial charge in [-0.2, -0.15) is 5.10 Å². The first-order chi connectivity index (χ1) is 9.49. The third-order valence-corrected chi connectivity index (χ3v) is 3.06. The first kappa shape index (κ1) is 14.6. The Morgan fingerprint density at radius 2 is 2.05 bits per heavy atom. The molecule has 0 unspecified atom stereocenters. The van der Waals surface area contributed by atoms with Crippen LogP contribution in [0.1, 0.15) is 19.4 Å². The fourth-order valence-corrected chi connectivity index (χ4v) is 2.12. The molecule has 5 nitrogen and oxygen atoms in total. The Balaban J connectivity index is 2.58. The fraction of sp³-hybridized carbons (Fsp3) is 0.154. The summed E-state index contributed by atoms with van der Waals surface area (Å²) < 4.78 is 6.76. The molecule has 104 valence electrons. The van der Waals surface area contributed by atoms with Crippen molar-refractivity contribution in [3.05, 3.63) is 46.5 Å². The van der Waals surface area contributed by atoms with Crippen molar-refractivity contribution >= 4 is 40.6 Å². The molecule has 0 aliphatic heterocycles. The zero-order valence-corrected chi connectivity index (χ0v) is 12.3. The Kier molecular flexibility index (Phi) is 4.42. The van der Waals surface area contributed by atoms with E-state index < -0.39 is 5.97 Å². The maximum absolute atomic E-state index is 11.3. The average molecular weight is 312 g/mol. The molecule has 1 aromatic heterocycles. The number of esters is 1. The summed E-state index contributed by atoms with van der Waals surface area (Å²) in [6.07, 6.45) is 2.89. The van der Waals surface area contributed by atoms with Gasteiger partial charge in [0, 0.05) is 17.5 Å². The zero-order valence-electron chi connectivity index (χ0n) is 10.8. The van der Waals surface area contributed by atoms with Crippen molar-refractivity contribution in [2.24, 2.45) is 0 Å². The number of halogens is 2. The Hall–Kier alpha value is -1.85. The molecule has 2 rings (SSSR count). The molecule has 0 atom stereocenters. The highest BCUT2D eigenvalue weighted by Crippen LogP contribution is 2.31. The maximum atomic E-state index is 11.3. The molecule has 0 aliphatic carbocycles. The number of carbonyl (C=O) groups excluding carboxylic acids is 1. The topological polar surface area (TPSA) is 57.0 Å². The molecule has 0 amide bonds. The summed E-state index contributed by atoms with van der Waals surface area (Å²) >= 11 is 12.0. The van der Waals surface area contributed by atoms with Crippen molar-refractivity contribution in [2.45, 2.75) is 13.8 Å². The summed E-state index contributed by atoms with van der Waals surface area (Å²) in [5.41, 5.74) is 1.14. The monoisotopic (exact) mass is 311 g/mol. The van der Waals surface area contributed by atoms with Crippen LogP contribution in [0.3, 0.4) is 0 Å². The number of aromatic nitrogens is 3. The van der Waals surface area contributed by atoms with Crippen LogP contribution in [0.2, 0.25) is 10.0 Å². The van der Waals surface area contributed by atoms with E-state index in [0.717, 1.165) is 0 Å². The first-order valence-corrected chi connectivity index (χ1v) is 6.44. The molecular weight excluding hydrogens is 301 g/mol. The van der Waals surface area contributed by atoms with Gasteiger partial charge in [0.05, 0.1) is 10.7 Å². The molecule has 0 fully saturated rings. The zero-order chi connectivity index (χ0) is 14.7. The number of ether oxygens (including phenoxy) is 1. The highest BCUT2D eigenvalue weighted by Gasteiger charge is 2.16. The van der Waals surface area contributed by atoms with Gasteiger partial charge in [0.25, 0.3) is 0 Å². The molecule has 1 heterocycles. The van der Waals surface area contributed by atoms with Crippen molar-refractivity contribution < 1.29 is 9.53 Å². The van der Waals surface area contributed by atoms with Crippen LogP contribution in [0, 0.1) is 0 Å². The fourth-order valence-electron chi connectivity index (χ4n) is 1.63. The van der Waals surface area contributed by atoms with Gasteiger partial charge in [-0.3, -0.25) is 4.79 Å². The van der Waals surface area contributed by atoms with Crippen molar-refractivity contribution in [1.29, 1.82) is 0 Å². The quantitative estimate of drug-likeness (QED) is 0.643. The molecule has 20 heavy (non-hydrogen) atoms. The lowest BCUT2D eigenvalue weighted by Gasteiger charge is -2.13. The lowest BCUT2D eigenvalue weighted by atomic mass is 10.1. The molecule has 7 heteroatoms. The molecule has 0 spiro atoms. The van der Waals surface area contributed by atoms with Gasteiger partial charge in [-0.15, -0.1) is 0 Å². The number of hydrogen-bond donors (Lipinski definition) is 0. The third-order valence-electron chi connectivity index (χ3n) is 2.51. The predicted molar refractivity (Wildman–Crippen MR) is 77.0 cm³/mol. The lowest BCUT2D eigenvalue weighted by Crippen LogP contribution is -2.05. The molecule has 0 radical (unpaired) electrons. The number of hydrogen-bond acceptors (Lipinski definition) is 4. The van der Waals surface area contributed by atoms with E-state index in [1.54, 1.807) is 25.1 Å². The van der Waals surface area contributed by atoms with Crippen LogP contribution in [-0.4, -0.2) is 20.7 Å². The first-order valence-electron chi connectivity index (χ1n) is 5.68. The minimum Gasteiger partial charge on any atom is -0.424 e. The minimum atomic E-state index is -0.453. The van der Waals surface area contributed by atoms with E-state index in [1.165, 1.54) is 24.3 Å². The largest absolute Gasteiger partial charge is 0.424 e. The average Bonchev–Trinajstić information content (AvgIpc) is 2.89. The molecule has 0 saturated carbocycles. The molecule has 0 bridgehead atoms. The van der Waals surface area contributed by atoms with Crippen molar-refractivity contribution in [1.82, 2.24) is 14.8 Å². The highest BCUT2D eigenvalue weighted by atomic mass is 35.5. The van der Waals surface area contributed by atoms with Crippen LogP contribution in [0.5, 0.6) is 0 Å². The van der Waals surface area contributed by atoms with Crippen molar-refractivity contribution in [3.63, 3.8) is 0 Å². The van der Waals surface area contributed by atoms with E-state index in [4.69, 9.17) is 27.9 Å². The Labute approximate surface area is 125 Å². The SMILES string of the molecule is CC(=O)O/C(=C(\C)n1cncn1)c1ccc(Cl)cc1Cl. The predicted octanol–water partition coefficient (Wildman–Crippen LogP) is 3.49. The summed E-state index contributed by atoms with van der Waals surface area (Å²) in [5.74, 6) is -0.143. The van der Waals surface area contributed by atoms with E-state index >= 15 is 0 Å². The van der Waals surface area contributed by atoms with E-state index in [9.17, 15) is 4.79 Å². The minimum absolute atomic E-state index is 0.310. The number of allylic oxidation sites excluding steroid dienone is 1. The molecule has 2 aromatic rings. The number of carbonyl (C=O) groups is 1. The van der Waals surface area contributed by atoms with Crippen molar-refractivity contribution in [3.8, 4) is 0 Å². The van der Waals surface area contributed by atoms with Crippen LogP contribution in [0.4, 0.5) is 0 Å². The molecule has 0 N–H and O–H groups in total. The van der Waals surface area contributed by atoms with Gasteiger partial charge in [0.15, 0.2) is 5.76 Å².